The SMILES string of the molecule is O=C(O)c1ccccc1.O=c1[nH]c(=O)[nH]c(=O)[nH]1. The van der Waals surface area contributed by atoms with Crippen LogP contribution in [0.5, 0.6) is 0 Å². The van der Waals surface area contributed by atoms with Crippen molar-refractivity contribution in [2.45, 2.75) is 0 Å². The van der Waals surface area contributed by atoms with Crippen LogP contribution in [-0.2, 0) is 0 Å². The number of aromatic nitrogens is 3. The van der Waals surface area contributed by atoms with Crippen LogP contribution in [0.3, 0.4) is 0 Å². The maximum atomic E-state index is 10.2. The molecule has 0 saturated heterocycles. The van der Waals surface area contributed by atoms with Gasteiger partial charge in [0.15, 0.2) is 0 Å². The van der Waals surface area contributed by atoms with Gasteiger partial charge in [-0.25, -0.2) is 19.2 Å². The van der Waals surface area contributed by atoms with Gasteiger partial charge in [0.25, 0.3) is 0 Å². The van der Waals surface area contributed by atoms with E-state index in [1.807, 2.05) is 0 Å². The molecule has 94 valence electrons. The number of benzene rings is 1. The Morgan fingerprint density at radius 3 is 1.50 bits per heavy atom. The first-order valence-electron chi connectivity index (χ1n) is 4.70. The van der Waals surface area contributed by atoms with E-state index in [0.29, 0.717) is 5.56 Å². The van der Waals surface area contributed by atoms with Gasteiger partial charge in [-0.15, -0.1) is 0 Å². The predicted octanol–water partition coefficient (Wildman–Crippen LogP) is -0.864. The normalized spacial score (nSPS) is 9.11. The zero-order valence-corrected chi connectivity index (χ0v) is 8.97. The van der Waals surface area contributed by atoms with Gasteiger partial charge in [0.05, 0.1) is 5.56 Å². The number of nitrogens with one attached hydrogen (secondary N) is 3. The first-order valence-corrected chi connectivity index (χ1v) is 4.70. The number of carboxylic acid groups (broad SMARTS) is 1. The summed E-state index contributed by atoms with van der Waals surface area (Å²) >= 11 is 0. The first kappa shape index (κ1) is 13.2. The summed E-state index contributed by atoms with van der Waals surface area (Å²) in [4.78, 5) is 46.1. The van der Waals surface area contributed by atoms with E-state index in [2.05, 4.69) is 0 Å². The molecule has 0 saturated carbocycles. The fraction of sp³-hybridized carbons (Fsp3) is 0. The second-order valence-corrected chi connectivity index (χ2v) is 3.03. The molecule has 0 atom stereocenters. The molecule has 0 amide bonds. The van der Waals surface area contributed by atoms with Crippen molar-refractivity contribution in [1.29, 1.82) is 0 Å². The van der Waals surface area contributed by atoms with Crippen LogP contribution in [0.1, 0.15) is 10.4 Å². The summed E-state index contributed by atoms with van der Waals surface area (Å²) in [5, 5.41) is 8.38. The molecule has 1 aromatic carbocycles. The van der Waals surface area contributed by atoms with Gasteiger partial charge in [0.2, 0.25) is 0 Å². The molecule has 0 spiro atoms. The number of rotatable bonds is 1. The zero-order chi connectivity index (χ0) is 13.5. The second-order valence-electron chi connectivity index (χ2n) is 3.03. The van der Waals surface area contributed by atoms with E-state index >= 15 is 0 Å². The first-order chi connectivity index (χ1) is 8.49. The van der Waals surface area contributed by atoms with Crippen LogP contribution in [0.4, 0.5) is 0 Å². The Hall–Kier alpha value is -2.90. The van der Waals surface area contributed by atoms with E-state index in [-0.39, 0.29) is 0 Å². The molecule has 0 bridgehead atoms. The van der Waals surface area contributed by atoms with Crippen LogP contribution < -0.4 is 17.1 Å². The number of hydrogen-bond donors (Lipinski definition) is 4. The van der Waals surface area contributed by atoms with Gasteiger partial charge in [-0.1, -0.05) is 18.2 Å². The molecule has 1 heterocycles. The summed E-state index contributed by atoms with van der Waals surface area (Å²) in [6.07, 6.45) is 0. The molecule has 0 aliphatic rings. The number of H-pyrrole nitrogens is 3. The zero-order valence-electron chi connectivity index (χ0n) is 8.97. The molecule has 0 fully saturated rings. The van der Waals surface area contributed by atoms with Crippen molar-refractivity contribution >= 4 is 5.97 Å². The van der Waals surface area contributed by atoms with Gasteiger partial charge in [-0.3, -0.25) is 15.0 Å². The maximum Gasteiger partial charge on any atom is 0.335 e. The number of carboxylic acids is 1. The average molecular weight is 251 g/mol. The molecular formula is C10H9N3O5. The van der Waals surface area contributed by atoms with E-state index < -0.39 is 23.0 Å². The smallest absolute Gasteiger partial charge is 0.335 e. The van der Waals surface area contributed by atoms with E-state index in [0.717, 1.165) is 0 Å². The third kappa shape index (κ3) is 4.31. The summed E-state index contributed by atoms with van der Waals surface area (Å²) in [5.41, 5.74) is -2.08. The second kappa shape index (κ2) is 5.99. The average Bonchev–Trinajstić information content (AvgIpc) is 2.29. The summed E-state index contributed by atoms with van der Waals surface area (Å²) in [6.45, 7) is 0. The Balaban J connectivity index is 0.000000180. The van der Waals surface area contributed by atoms with Crippen molar-refractivity contribution in [3.63, 3.8) is 0 Å². The monoisotopic (exact) mass is 251 g/mol. The third-order valence-electron chi connectivity index (χ3n) is 1.70. The van der Waals surface area contributed by atoms with Gasteiger partial charge in [0.1, 0.15) is 0 Å². The van der Waals surface area contributed by atoms with Crippen LogP contribution in [0.25, 0.3) is 0 Å². The van der Waals surface area contributed by atoms with Crippen LogP contribution in [0.2, 0.25) is 0 Å². The fourth-order valence-electron chi connectivity index (χ4n) is 0.984. The molecule has 8 nitrogen and oxygen atoms in total. The molecule has 1 aromatic heterocycles. The van der Waals surface area contributed by atoms with Crippen molar-refractivity contribution in [3.05, 3.63) is 67.3 Å². The minimum Gasteiger partial charge on any atom is -0.478 e. The summed E-state index contributed by atoms with van der Waals surface area (Å²) in [6, 6.07) is 8.30. The molecule has 2 rings (SSSR count). The van der Waals surface area contributed by atoms with Crippen LogP contribution in [0.15, 0.2) is 44.7 Å². The maximum absolute atomic E-state index is 10.2. The number of hydrogen-bond acceptors (Lipinski definition) is 4. The van der Waals surface area contributed by atoms with E-state index in [9.17, 15) is 19.2 Å². The van der Waals surface area contributed by atoms with Crippen LogP contribution >= 0.6 is 0 Å². The van der Waals surface area contributed by atoms with Crippen LogP contribution in [-0.4, -0.2) is 26.0 Å². The standard InChI is InChI=1S/C7H6O2.C3H3N3O3/c8-7(9)6-4-2-1-3-5-6;7-1-4-2(8)6-3(9)5-1/h1-5H,(H,8,9);(H3,4,5,6,7,8,9). The van der Waals surface area contributed by atoms with Gasteiger partial charge >= 0.3 is 23.0 Å². The Kier molecular flexibility index (Phi) is 4.38. The van der Waals surface area contributed by atoms with Crippen molar-refractivity contribution in [2.24, 2.45) is 0 Å². The Morgan fingerprint density at radius 1 is 0.833 bits per heavy atom. The Morgan fingerprint density at radius 2 is 1.22 bits per heavy atom. The predicted molar refractivity (Wildman–Crippen MR) is 61.7 cm³/mol. The quantitative estimate of drug-likeness (QED) is 0.522. The molecule has 2 aromatic rings. The number of aromatic carboxylic acids is 1. The third-order valence-corrected chi connectivity index (χ3v) is 1.70. The van der Waals surface area contributed by atoms with E-state index in [1.165, 1.54) is 0 Å². The highest BCUT2D eigenvalue weighted by Gasteiger charge is 1.96. The van der Waals surface area contributed by atoms with Gasteiger partial charge in [-0.2, -0.15) is 0 Å². The molecule has 4 N–H and O–H groups in total. The molecule has 0 unspecified atom stereocenters. The number of carbonyl (C=O) groups is 1. The summed E-state index contributed by atoms with van der Waals surface area (Å²) in [7, 11) is 0. The van der Waals surface area contributed by atoms with Crippen molar-refractivity contribution in [3.8, 4) is 0 Å². The Bertz CT molecular complexity index is 604. The topological polar surface area (TPSA) is 136 Å². The highest BCUT2D eigenvalue weighted by Crippen LogP contribution is 1.96. The summed E-state index contributed by atoms with van der Waals surface area (Å²) in [5.74, 6) is -0.879. The number of aromatic amines is 3. The molecule has 0 aliphatic heterocycles. The highest BCUT2D eigenvalue weighted by atomic mass is 16.4. The lowest BCUT2D eigenvalue weighted by Gasteiger charge is -1.88. The van der Waals surface area contributed by atoms with E-state index in [4.69, 9.17) is 5.11 Å². The van der Waals surface area contributed by atoms with Gasteiger partial charge < -0.3 is 5.11 Å². The Labute approximate surface area is 99.0 Å². The van der Waals surface area contributed by atoms with E-state index in [1.54, 1.807) is 45.3 Å². The molecule has 8 heteroatoms. The summed E-state index contributed by atoms with van der Waals surface area (Å²) < 4.78 is 0. The largest absolute Gasteiger partial charge is 0.478 e. The minimum absolute atomic E-state index is 0.331. The minimum atomic E-state index is -0.879. The lowest BCUT2D eigenvalue weighted by atomic mass is 10.2. The van der Waals surface area contributed by atoms with Crippen molar-refractivity contribution < 1.29 is 9.90 Å². The van der Waals surface area contributed by atoms with Crippen molar-refractivity contribution in [1.82, 2.24) is 15.0 Å². The lowest BCUT2D eigenvalue weighted by Crippen LogP contribution is -2.34. The van der Waals surface area contributed by atoms with Crippen LogP contribution in [0, 0.1) is 0 Å². The van der Waals surface area contributed by atoms with Crippen molar-refractivity contribution in [2.75, 3.05) is 0 Å². The fourth-order valence-corrected chi connectivity index (χ4v) is 0.984. The molecule has 0 radical (unpaired) electrons. The highest BCUT2D eigenvalue weighted by molar-refractivity contribution is 5.87. The van der Waals surface area contributed by atoms with Gasteiger partial charge in [-0.05, 0) is 12.1 Å². The lowest BCUT2D eigenvalue weighted by molar-refractivity contribution is 0.0697. The molecule has 18 heavy (non-hydrogen) atoms. The van der Waals surface area contributed by atoms with Gasteiger partial charge in [0, 0.05) is 0 Å². The molecular weight excluding hydrogens is 242 g/mol. The molecule has 0 aliphatic carbocycles.